The second-order valence-electron chi connectivity index (χ2n) is 6.17. The fourth-order valence-electron chi connectivity index (χ4n) is 3.02. The van der Waals surface area contributed by atoms with Gasteiger partial charge in [-0.1, -0.05) is 23.7 Å². The molecule has 0 heterocycles. The summed E-state index contributed by atoms with van der Waals surface area (Å²) >= 11 is 5.93. The Kier molecular flexibility index (Phi) is 5.04. The number of nitro benzene ring substituents is 1. The van der Waals surface area contributed by atoms with Gasteiger partial charge in [-0.05, 0) is 49.4 Å². The zero-order chi connectivity index (χ0) is 18.8. The van der Waals surface area contributed by atoms with E-state index in [1.807, 2.05) is 12.1 Å². The molecule has 134 valence electrons. The van der Waals surface area contributed by atoms with Crippen LogP contribution in [0, 0.1) is 10.1 Å². The molecule has 1 atom stereocenters. The van der Waals surface area contributed by atoms with Gasteiger partial charge in [-0.2, -0.15) is 0 Å². The maximum Gasteiger partial charge on any atom is 0.340 e. The zero-order valence-electron chi connectivity index (χ0n) is 14.0. The highest BCUT2D eigenvalue weighted by Gasteiger charge is 2.24. The summed E-state index contributed by atoms with van der Waals surface area (Å²) in [6.45, 7) is 1.47. The number of esters is 1. The summed E-state index contributed by atoms with van der Waals surface area (Å²) in [4.78, 5) is 35.1. The Morgan fingerprint density at radius 1 is 1.15 bits per heavy atom. The predicted molar refractivity (Wildman–Crippen MR) is 95.8 cm³/mol. The number of fused-ring (bicyclic) bond motifs is 1. The molecule has 0 radical (unpaired) electrons. The molecule has 0 spiro atoms. The monoisotopic (exact) mass is 373 g/mol. The van der Waals surface area contributed by atoms with E-state index in [0.29, 0.717) is 5.56 Å². The SMILES string of the molecule is CC(OC(=O)c1cc([N+](=O)[O-])ccc1Cl)C(=O)c1ccc2c(c1)CCC2. The van der Waals surface area contributed by atoms with Gasteiger partial charge in [0.25, 0.3) is 5.69 Å². The fraction of sp³-hybridized carbons (Fsp3) is 0.263. The third-order valence-electron chi connectivity index (χ3n) is 4.42. The van der Waals surface area contributed by atoms with Gasteiger partial charge in [0.15, 0.2) is 6.10 Å². The first-order chi connectivity index (χ1) is 12.4. The van der Waals surface area contributed by atoms with Gasteiger partial charge in [0.05, 0.1) is 15.5 Å². The molecular weight excluding hydrogens is 358 g/mol. The van der Waals surface area contributed by atoms with Crippen molar-refractivity contribution in [1.82, 2.24) is 0 Å². The predicted octanol–water partition coefficient (Wildman–Crippen LogP) is 4.17. The molecule has 0 saturated carbocycles. The molecule has 2 aromatic rings. The Labute approximate surface area is 154 Å². The lowest BCUT2D eigenvalue weighted by Gasteiger charge is -2.13. The highest BCUT2D eigenvalue weighted by atomic mass is 35.5. The number of nitrogens with zero attached hydrogens (tertiary/aromatic N) is 1. The van der Waals surface area contributed by atoms with Gasteiger partial charge < -0.3 is 4.74 Å². The molecule has 1 aliphatic rings. The zero-order valence-corrected chi connectivity index (χ0v) is 14.8. The van der Waals surface area contributed by atoms with Crippen LogP contribution >= 0.6 is 11.6 Å². The Hall–Kier alpha value is -2.73. The summed E-state index contributed by atoms with van der Waals surface area (Å²) < 4.78 is 5.19. The lowest BCUT2D eigenvalue weighted by Crippen LogP contribution is -2.24. The normalized spacial score (nSPS) is 13.8. The van der Waals surface area contributed by atoms with Gasteiger partial charge in [0.2, 0.25) is 5.78 Å². The Balaban J connectivity index is 1.76. The van der Waals surface area contributed by atoms with Crippen LogP contribution in [0.5, 0.6) is 0 Å². The van der Waals surface area contributed by atoms with E-state index in [1.54, 1.807) is 6.07 Å². The summed E-state index contributed by atoms with van der Waals surface area (Å²) in [5.41, 5.74) is 2.45. The highest BCUT2D eigenvalue weighted by Crippen LogP contribution is 2.25. The number of carbonyl (C=O) groups is 2. The molecule has 0 amide bonds. The molecule has 1 unspecified atom stereocenters. The third-order valence-corrected chi connectivity index (χ3v) is 4.75. The number of ketones is 1. The van der Waals surface area contributed by atoms with Crippen LogP contribution in [-0.4, -0.2) is 22.8 Å². The number of carbonyl (C=O) groups excluding carboxylic acids is 2. The molecule has 0 fully saturated rings. The van der Waals surface area contributed by atoms with Crippen molar-refractivity contribution in [2.24, 2.45) is 0 Å². The van der Waals surface area contributed by atoms with E-state index in [0.717, 1.165) is 30.9 Å². The number of aryl methyl sites for hydroxylation is 2. The first kappa shape index (κ1) is 18.1. The number of benzene rings is 2. The van der Waals surface area contributed by atoms with Crippen LogP contribution < -0.4 is 0 Å². The average molecular weight is 374 g/mol. The van der Waals surface area contributed by atoms with Crippen LogP contribution in [0.25, 0.3) is 0 Å². The largest absolute Gasteiger partial charge is 0.451 e. The standard InChI is InChI=1S/C19H16ClNO5/c1-11(18(22)14-6-5-12-3-2-4-13(12)9-14)26-19(23)16-10-15(21(24)25)7-8-17(16)20/h5-11H,2-4H2,1H3. The van der Waals surface area contributed by atoms with Crippen molar-refractivity contribution in [2.45, 2.75) is 32.3 Å². The molecule has 7 heteroatoms. The summed E-state index contributed by atoms with van der Waals surface area (Å²) in [6, 6.07) is 8.99. The van der Waals surface area contributed by atoms with E-state index < -0.39 is 17.0 Å². The average Bonchev–Trinajstić information content (AvgIpc) is 3.08. The number of rotatable bonds is 5. The van der Waals surface area contributed by atoms with Gasteiger partial charge in [0, 0.05) is 17.7 Å². The molecule has 0 aromatic heterocycles. The van der Waals surface area contributed by atoms with Crippen LogP contribution in [0.3, 0.4) is 0 Å². The molecule has 2 aromatic carbocycles. The van der Waals surface area contributed by atoms with Crippen molar-refractivity contribution in [3.63, 3.8) is 0 Å². The molecule has 0 aliphatic heterocycles. The number of nitro groups is 1. The van der Waals surface area contributed by atoms with E-state index in [9.17, 15) is 19.7 Å². The number of Topliss-reactive ketones (excluding diaryl/α,β-unsaturated/α-hetero) is 1. The Morgan fingerprint density at radius 3 is 2.62 bits per heavy atom. The molecule has 0 N–H and O–H groups in total. The van der Waals surface area contributed by atoms with Crippen molar-refractivity contribution >= 4 is 29.0 Å². The molecule has 6 nitrogen and oxygen atoms in total. The summed E-state index contributed by atoms with van der Waals surface area (Å²) in [5, 5.41) is 10.9. The van der Waals surface area contributed by atoms with Gasteiger partial charge in [0.1, 0.15) is 0 Å². The lowest BCUT2D eigenvalue weighted by atomic mass is 10.0. The topological polar surface area (TPSA) is 86.5 Å². The minimum absolute atomic E-state index is 0.0257. The molecule has 26 heavy (non-hydrogen) atoms. The minimum atomic E-state index is -1.03. The molecule has 3 rings (SSSR count). The lowest BCUT2D eigenvalue weighted by molar-refractivity contribution is -0.384. The number of hydrogen-bond donors (Lipinski definition) is 0. The smallest absolute Gasteiger partial charge is 0.340 e. The van der Waals surface area contributed by atoms with E-state index >= 15 is 0 Å². The van der Waals surface area contributed by atoms with Crippen LogP contribution in [-0.2, 0) is 17.6 Å². The van der Waals surface area contributed by atoms with E-state index in [-0.39, 0.29) is 22.1 Å². The third kappa shape index (κ3) is 3.60. The number of hydrogen-bond acceptors (Lipinski definition) is 5. The second-order valence-corrected chi connectivity index (χ2v) is 6.58. The minimum Gasteiger partial charge on any atom is -0.451 e. The molecule has 0 saturated heterocycles. The molecular formula is C19H16ClNO5. The summed E-state index contributed by atoms with van der Waals surface area (Å²) in [5.74, 6) is -1.20. The van der Waals surface area contributed by atoms with Gasteiger partial charge in [-0.15, -0.1) is 0 Å². The summed E-state index contributed by atoms with van der Waals surface area (Å²) in [7, 11) is 0. The second kappa shape index (κ2) is 7.25. The first-order valence-corrected chi connectivity index (χ1v) is 8.55. The van der Waals surface area contributed by atoms with Crippen LogP contribution in [0.1, 0.15) is 45.2 Å². The van der Waals surface area contributed by atoms with Crippen LogP contribution in [0.15, 0.2) is 36.4 Å². The van der Waals surface area contributed by atoms with E-state index in [1.165, 1.54) is 24.6 Å². The van der Waals surface area contributed by atoms with Gasteiger partial charge in [-0.25, -0.2) is 4.79 Å². The molecule has 0 bridgehead atoms. The Bertz CT molecular complexity index is 909. The van der Waals surface area contributed by atoms with Gasteiger partial charge >= 0.3 is 5.97 Å². The van der Waals surface area contributed by atoms with Crippen molar-refractivity contribution in [3.8, 4) is 0 Å². The number of halogens is 1. The highest BCUT2D eigenvalue weighted by molar-refractivity contribution is 6.33. The number of ether oxygens (including phenoxy) is 1. The van der Waals surface area contributed by atoms with E-state index in [2.05, 4.69) is 0 Å². The van der Waals surface area contributed by atoms with E-state index in [4.69, 9.17) is 16.3 Å². The Morgan fingerprint density at radius 2 is 1.88 bits per heavy atom. The summed E-state index contributed by atoms with van der Waals surface area (Å²) in [6.07, 6.45) is 1.99. The van der Waals surface area contributed by atoms with Crippen molar-refractivity contribution in [3.05, 3.63) is 73.8 Å². The fourth-order valence-corrected chi connectivity index (χ4v) is 3.22. The maximum atomic E-state index is 12.6. The maximum absolute atomic E-state index is 12.6. The van der Waals surface area contributed by atoms with Crippen molar-refractivity contribution in [1.29, 1.82) is 0 Å². The van der Waals surface area contributed by atoms with Crippen molar-refractivity contribution in [2.75, 3.05) is 0 Å². The van der Waals surface area contributed by atoms with Gasteiger partial charge in [-0.3, -0.25) is 14.9 Å². The van der Waals surface area contributed by atoms with Crippen LogP contribution in [0.2, 0.25) is 5.02 Å². The van der Waals surface area contributed by atoms with Crippen LogP contribution in [0.4, 0.5) is 5.69 Å². The van der Waals surface area contributed by atoms with Crippen molar-refractivity contribution < 1.29 is 19.2 Å². The quantitative estimate of drug-likeness (QED) is 0.340. The first-order valence-electron chi connectivity index (χ1n) is 8.18. The molecule has 1 aliphatic carbocycles. The number of non-ortho nitro benzene ring substituents is 1.